The molecule has 0 saturated carbocycles. The molecule has 0 aliphatic carbocycles. The summed E-state index contributed by atoms with van der Waals surface area (Å²) >= 11 is 0. The van der Waals surface area contributed by atoms with Gasteiger partial charge in [0.1, 0.15) is 0 Å². The summed E-state index contributed by atoms with van der Waals surface area (Å²) in [5.74, 6) is 0. The van der Waals surface area contributed by atoms with E-state index in [1.54, 1.807) is 0 Å². The van der Waals surface area contributed by atoms with Crippen molar-refractivity contribution in [2.75, 3.05) is 0 Å². The zero-order valence-corrected chi connectivity index (χ0v) is 8.74. The minimum Gasteiger partial charge on any atom is -0.483 e. The lowest BCUT2D eigenvalue weighted by Gasteiger charge is -1.90. The third-order valence-electron chi connectivity index (χ3n) is 1.22. The highest BCUT2D eigenvalue weighted by atomic mass is 16.3. The van der Waals surface area contributed by atoms with Crippen LogP contribution >= 0.6 is 0 Å². The van der Waals surface area contributed by atoms with Crippen molar-refractivity contribution in [3.63, 3.8) is 0 Å². The molecule has 1 aromatic rings. The Balaban J connectivity index is 0. The molecule has 1 rings (SSSR count). The molecule has 0 fully saturated rings. The van der Waals surface area contributed by atoms with Crippen molar-refractivity contribution in [1.82, 2.24) is 0 Å². The molecule has 2 heteroatoms. The summed E-state index contributed by atoms with van der Waals surface area (Å²) in [6, 6.07) is 8.48. The fourth-order valence-electron chi connectivity index (χ4n) is 0.637. The van der Waals surface area contributed by atoms with Crippen molar-refractivity contribution in [3.05, 3.63) is 35.4 Å². The number of benzene rings is 1. The van der Waals surface area contributed by atoms with E-state index in [9.17, 15) is 0 Å². The maximum absolute atomic E-state index is 8.36. The number of aryl methyl sites for hydroxylation is 2. The van der Waals surface area contributed by atoms with Crippen LogP contribution in [0.1, 0.15) is 25.0 Å². The first-order valence-electron chi connectivity index (χ1n) is 4.32. The second-order valence-electron chi connectivity index (χ2n) is 2.26. The molecule has 0 aromatic heterocycles. The lowest BCUT2D eigenvalue weighted by Crippen LogP contribution is -1.70. The van der Waals surface area contributed by atoms with Gasteiger partial charge in [0, 0.05) is 0 Å². The van der Waals surface area contributed by atoms with Gasteiger partial charge in [0.25, 0.3) is 6.47 Å². The van der Waals surface area contributed by atoms with Crippen molar-refractivity contribution in [2.24, 2.45) is 0 Å². The van der Waals surface area contributed by atoms with Crippen LogP contribution in [0.4, 0.5) is 0 Å². The van der Waals surface area contributed by atoms with Crippen LogP contribution < -0.4 is 0 Å². The third kappa shape index (κ3) is 10.7. The highest BCUT2D eigenvalue weighted by molar-refractivity contribution is 5.32. The largest absolute Gasteiger partial charge is 0.483 e. The molecule has 0 aliphatic rings. The highest BCUT2D eigenvalue weighted by Crippen LogP contribution is 1.99. The zero-order valence-electron chi connectivity index (χ0n) is 8.74. The van der Waals surface area contributed by atoms with E-state index < -0.39 is 0 Å². The van der Waals surface area contributed by atoms with Crippen LogP contribution in [0.25, 0.3) is 0 Å². The quantitative estimate of drug-likeness (QED) is 0.626. The number of rotatable bonds is 0. The Morgan fingerprint density at radius 1 is 1.00 bits per heavy atom. The van der Waals surface area contributed by atoms with Gasteiger partial charge in [0.05, 0.1) is 0 Å². The van der Waals surface area contributed by atoms with Crippen LogP contribution in [0, 0.1) is 13.8 Å². The Bertz CT molecular complexity index is 181. The Morgan fingerprint density at radius 3 is 1.31 bits per heavy atom. The summed E-state index contributed by atoms with van der Waals surface area (Å²) in [6.45, 7) is 7.94. The number of hydrogen-bond donors (Lipinski definition) is 1. The lowest BCUT2D eigenvalue weighted by molar-refractivity contribution is -0.122. The zero-order chi connectivity index (χ0) is 10.7. The van der Waals surface area contributed by atoms with E-state index in [2.05, 4.69) is 38.1 Å². The Labute approximate surface area is 80.2 Å². The summed E-state index contributed by atoms with van der Waals surface area (Å²) in [6.07, 6.45) is 0. The Morgan fingerprint density at radius 2 is 1.15 bits per heavy atom. The van der Waals surface area contributed by atoms with Crippen molar-refractivity contribution in [1.29, 1.82) is 0 Å². The molecule has 1 aromatic carbocycles. The molecule has 0 amide bonds. The van der Waals surface area contributed by atoms with Gasteiger partial charge in [-0.1, -0.05) is 49.2 Å². The topological polar surface area (TPSA) is 37.3 Å². The molecule has 0 heterocycles. The number of carbonyl (C=O) groups is 1. The normalized spacial score (nSPS) is 7.08. The SMILES string of the molecule is CC.Cc1ccc(C)cc1.O=CO. The monoisotopic (exact) mass is 182 g/mol. The first-order valence-corrected chi connectivity index (χ1v) is 4.32. The van der Waals surface area contributed by atoms with Crippen molar-refractivity contribution in [2.45, 2.75) is 27.7 Å². The molecule has 1 N–H and O–H groups in total. The van der Waals surface area contributed by atoms with E-state index in [-0.39, 0.29) is 6.47 Å². The van der Waals surface area contributed by atoms with E-state index in [4.69, 9.17) is 9.90 Å². The van der Waals surface area contributed by atoms with Crippen molar-refractivity contribution < 1.29 is 9.90 Å². The standard InChI is InChI=1S/C8H10.C2H6.CH2O2/c1-7-3-5-8(2)6-4-7;1-2;2-1-3/h3-6H,1-2H3;1-2H3;1H,(H,2,3). The molecule has 0 aliphatic heterocycles. The average molecular weight is 182 g/mol. The average Bonchev–Trinajstić information content (AvgIpc) is 2.15. The van der Waals surface area contributed by atoms with Gasteiger partial charge in [-0.2, -0.15) is 0 Å². The van der Waals surface area contributed by atoms with Gasteiger partial charge in [-0.15, -0.1) is 0 Å². The number of hydrogen-bond acceptors (Lipinski definition) is 1. The van der Waals surface area contributed by atoms with Gasteiger partial charge in [-0.3, -0.25) is 4.79 Å². The maximum Gasteiger partial charge on any atom is 0.290 e. The predicted octanol–water partition coefficient (Wildman–Crippen LogP) is 3.03. The molecule has 0 spiro atoms. The Kier molecular flexibility index (Phi) is 11.7. The molecule has 0 bridgehead atoms. The second-order valence-corrected chi connectivity index (χ2v) is 2.26. The van der Waals surface area contributed by atoms with E-state index in [0.717, 1.165) is 0 Å². The molecular formula is C11H18O2. The predicted molar refractivity (Wildman–Crippen MR) is 56.0 cm³/mol. The fourth-order valence-corrected chi connectivity index (χ4v) is 0.637. The smallest absolute Gasteiger partial charge is 0.290 e. The van der Waals surface area contributed by atoms with Crippen LogP contribution in [0.2, 0.25) is 0 Å². The summed E-state index contributed by atoms with van der Waals surface area (Å²) in [7, 11) is 0. The molecular weight excluding hydrogens is 164 g/mol. The van der Waals surface area contributed by atoms with Crippen LogP contribution in [-0.4, -0.2) is 11.6 Å². The van der Waals surface area contributed by atoms with Gasteiger partial charge in [-0.25, -0.2) is 0 Å². The third-order valence-corrected chi connectivity index (χ3v) is 1.22. The molecule has 0 radical (unpaired) electrons. The molecule has 0 atom stereocenters. The van der Waals surface area contributed by atoms with Crippen LogP contribution in [0.15, 0.2) is 24.3 Å². The van der Waals surface area contributed by atoms with E-state index in [1.165, 1.54) is 11.1 Å². The van der Waals surface area contributed by atoms with Gasteiger partial charge in [-0.05, 0) is 13.8 Å². The maximum atomic E-state index is 8.36. The van der Waals surface area contributed by atoms with Gasteiger partial charge in [0.15, 0.2) is 0 Å². The van der Waals surface area contributed by atoms with E-state index in [1.807, 2.05) is 13.8 Å². The molecule has 2 nitrogen and oxygen atoms in total. The molecule has 0 unspecified atom stereocenters. The van der Waals surface area contributed by atoms with E-state index in [0.29, 0.717) is 0 Å². The minimum absolute atomic E-state index is 0.250. The lowest BCUT2D eigenvalue weighted by atomic mass is 10.2. The molecule has 74 valence electrons. The summed E-state index contributed by atoms with van der Waals surface area (Å²) in [4.78, 5) is 8.36. The molecule has 0 saturated heterocycles. The van der Waals surface area contributed by atoms with Gasteiger partial charge < -0.3 is 5.11 Å². The fraction of sp³-hybridized carbons (Fsp3) is 0.364. The summed E-state index contributed by atoms with van der Waals surface area (Å²) in [5, 5.41) is 6.89. The van der Waals surface area contributed by atoms with Gasteiger partial charge >= 0.3 is 0 Å². The summed E-state index contributed by atoms with van der Waals surface area (Å²) < 4.78 is 0. The first-order chi connectivity index (χ1) is 6.20. The summed E-state index contributed by atoms with van der Waals surface area (Å²) in [5.41, 5.74) is 2.66. The second kappa shape index (κ2) is 10.7. The first kappa shape index (κ1) is 14.2. The van der Waals surface area contributed by atoms with Crippen molar-refractivity contribution in [3.8, 4) is 0 Å². The van der Waals surface area contributed by atoms with E-state index >= 15 is 0 Å². The number of carboxylic acid groups (broad SMARTS) is 1. The van der Waals surface area contributed by atoms with Crippen LogP contribution in [-0.2, 0) is 4.79 Å². The Hall–Kier alpha value is -1.31. The van der Waals surface area contributed by atoms with Gasteiger partial charge in [0.2, 0.25) is 0 Å². The van der Waals surface area contributed by atoms with Crippen molar-refractivity contribution >= 4 is 6.47 Å². The molecule has 13 heavy (non-hydrogen) atoms. The highest BCUT2D eigenvalue weighted by Gasteiger charge is 1.79. The van der Waals surface area contributed by atoms with Crippen LogP contribution in [0.3, 0.4) is 0 Å². The minimum atomic E-state index is -0.250. The van der Waals surface area contributed by atoms with Crippen LogP contribution in [0.5, 0.6) is 0 Å².